The van der Waals surface area contributed by atoms with E-state index in [1.807, 2.05) is 7.05 Å². The number of aryl methyl sites for hydroxylation is 1. The van der Waals surface area contributed by atoms with Gasteiger partial charge in [0.2, 0.25) is 0 Å². The van der Waals surface area contributed by atoms with Crippen LogP contribution in [0.15, 0.2) is 71.3 Å². The first kappa shape index (κ1) is 23.7. The van der Waals surface area contributed by atoms with Gasteiger partial charge in [-0.2, -0.15) is 0 Å². The number of rotatable bonds is 7. The highest BCUT2D eigenvalue weighted by atomic mass is 16.6. The molecule has 1 amide bonds. The van der Waals surface area contributed by atoms with Gasteiger partial charge in [-0.05, 0) is 24.5 Å². The molecule has 2 heterocycles. The monoisotopic (exact) mass is 463 g/mol. The molecule has 1 aliphatic rings. The standard InChI is InChI=1S/C26H29N3O5/c1-19-16-23(28-34-19)27-24(30)18-29(2)15-9-14-22(17-29)33-25(31)26(32,20-10-5-3-6-11-20)21-12-7-4-8-13-21/h3-8,10-13,16,22H,9,14-15,17-18H2,1-2H3,(H,27,28,30)/t22?,29-/m1/s1. The normalized spacial score (nSPS) is 20.5. The Morgan fingerprint density at radius 1 is 1.15 bits per heavy atom. The lowest BCUT2D eigenvalue weighted by molar-refractivity contribution is -0.909. The summed E-state index contributed by atoms with van der Waals surface area (Å²) in [5.74, 6) is -0.0464. The summed E-state index contributed by atoms with van der Waals surface area (Å²) < 4.78 is 11.2. The average Bonchev–Trinajstić information content (AvgIpc) is 3.23. The van der Waals surface area contributed by atoms with Gasteiger partial charge in [-0.25, -0.2) is 0 Å². The summed E-state index contributed by atoms with van der Waals surface area (Å²) in [6.45, 7) is 3.15. The number of ether oxygens (including phenoxy) is 1. The van der Waals surface area contributed by atoms with E-state index in [1.54, 1.807) is 73.7 Å². The third-order valence-corrected chi connectivity index (χ3v) is 6.21. The Labute approximate surface area is 198 Å². The van der Waals surface area contributed by atoms with E-state index in [4.69, 9.17) is 9.26 Å². The Morgan fingerprint density at radius 3 is 2.32 bits per heavy atom. The summed E-state index contributed by atoms with van der Waals surface area (Å²) >= 11 is 0. The number of hydrogen-bond acceptors (Lipinski definition) is 6. The predicted molar refractivity (Wildman–Crippen MR) is 123 cm³/mol. The maximum Gasteiger partial charge on any atom is 0.304 e. The van der Waals surface area contributed by atoms with E-state index >= 15 is 0 Å². The number of piperidine rings is 1. The number of anilines is 1. The summed E-state index contributed by atoms with van der Waals surface area (Å²) in [5.41, 5.74) is -1.51. The Morgan fingerprint density at radius 2 is 1.76 bits per heavy atom. The first-order valence-corrected chi connectivity index (χ1v) is 11.4. The Hall–Kier alpha value is -3.49. The van der Waals surface area contributed by atoms with Crippen LogP contribution in [-0.2, 0) is 19.9 Å². The third-order valence-electron chi connectivity index (χ3n) is 6.21. The fraction of sp³-hybridized carbons (Fsp3) is 0.346. The van der Waals surface area contributed by atoms with E-state index in [9.17, 15) is 14.7 Å². The van der Waals surface area contributed by atoms with Crippen LogP contribution in [0.4, 0.5) is 5.82 Å². The quantitative estimate of drug-likeness (QED) is 0.426. The SMILES string of the molecule is Cc1cc(NC(=O)C[N@+]2(C)CCCC(OC(=O)C([O-])(c3ccccc3)c3ccccc3)C2)no1. The number of esters is 1. The van der Waals surface area contributed by atoms with Crippen molar-refractivity contribution in [3.8, 4) is 0 Å². The first-order valence-electron chi connectivity index (χ1n) is 11.4. The predicted octanol–water partition coefficient (Wildman–Crippen LogP) is 2.38. The molecule has 2 aromatic carbocycles. The van der Waals surface area contributed by atoms with Crippen molar-refractivity contribution in [2.45, 2.75) is 31.5 Å². The van der Waals surface area contributed by atoms with Crippen LogP contribution in [0.1, 0.15) is 29.7 Å². The van der Waals surface area contributed by atoms with Crippen molar-refractivity contribution in [2.75, 3.05) is 32.0 Å². The molecule has 8 nitrogen and oxygen atoms in total. The van der Waals surface area contributed by atoms with Crippen LogP contribution in [0.2, 0.25) is 0 Å². The number of amides is 1. The minimum absolute atomic E-state index is 0.194. The molecule has 1 aliphatic heterocycles. The van der Waals surface area contributed by atoms with E-state index in [-0.39, 0.29) is 12.5 Å². The van der Waals surface area contributed by atoms with Crippen LogP contribution in [0.5, 0.6) is 0 Å². The second-order valence-corrected chi connectivity index (χ2v) is 9.14. The molecule has 0 aliphatic carbocycles. The van der Waals surface area contributed by atoms with Gasteiger partial charge in [-0.1, -0.05) is 65.8 Å². The number of hydrogen-bond donors (Lipinski definition) is 1. The lowest BCUT2D eigenvalue weighted by Gasteiger charge is -2.43. The summed E-state index contributed by atoms with van der Waals surface area (Å²) in [6, 6.07) is 18.8. The molecule has 1 unspecified atom stereocenters. The van der Waals surface area contributed by atoms with Crippen LogP contribution in [0, 0.1) is 6.92 Å². The van der Waals surface area contributed by atoms with Crippen molar-refractivity contribution in [1.29, 1.82) is 0 Å². The number of carbonyl (C=O) groups excluding carboxylic acids is 2. The number of likely N-dealkylation sites (tertiary alicyclic amines) is 1. The lowest BCUT2D eigenvalue weighted by atomic mass is 9.86. The van der Waals surface area contributed by atoms with Crippen LogP contribution in [0.3, 0.4) is 0 Å². The van der Waals surface area contributed by atoms with E-state index in [1.165, 1.54) is 0 Å². The number of benzene rings is 2. The van der Waals surface area contributed by atoms with Gasteiger partial charge in [0.05, 0.1) is 13.6 Å². The number of aromatic nitrogens is 1. The molecule has 4 rings (SSSR count). The van der Waals surface area contributed by atoms with Gasteiger partial charge >= 0.3 is 5.97 Å². The first-order chi connectivity index (χ1) is 16.3. The van der Waals surface area contributed by atoms with Crippen molar-refractivity contribution >= 4 is 17.7 Å². The summed E-state index contributed by atoms with van der Waals surface area (Å²) in [4.78, 5) is 26.0. The molecule has 178 valence electrons. The summed E-state index contributed by atoms with van der Waals surface area (Å²) in [7, 11) is 1.95. The van der Waals surface area contributed by atoms with Gasteiger partial charge in [-0.3, -0.25) is 9.59 Å². The largest absolute Gasteiger partial charge is 0.834 e. The molecular weight excluding hydrogens is 434 g/mol. The van der Waals surface area contributed by atoms with Crippen molar-refractivity contribution in [1.82, 2.24) is 5.16 Å². The number of nitrogens with one attached hydrogen (secondary N) is 1. The van der Waals surface area contributed by atoms with Gasteiger partial charge in [-0.15, -0.1) is 0 Å². The number of nitrogens with zero attached hydrogens (tertiary/aromatic N) is 2. The molecule has 1 aromatic heterocycles. The topological polar surface area (TPSA) is 104 Å². The fourth-order valence-electron chi connectivity index (χ4n) is 4.55. The number of carbonyl (C=O) groups is 2. The Balaban J connectivity index is 1.47. The Bertz CT molecular complexity index is 1090. The highest BCUT2D eigenvalue weighted by molar-refractivity contribution is 5.90. The second kappa shape index (κ2) is 9.79. The molecule has 8 heteroatoms. The second-order valence-electron chi connectivity index (χ2n) is 9.14. The number of likely N-dealkylation sites (N-methyl/N-ethyl adjacent to an activating group) is 1. The van der Waals surface area contributed by atoms with E-state index in [0.29, 0.717) is 40.2 Å². The maximum absolute atomic E-state index is 14.1. The van der Waals surface area contributed by atoms with Gasteiger partial charge in [0, 0.05) is 18.1 Å². The zero-order valence-electron chi connectivity index (χ0n) is 19.4. The van der Waals surface area contributed by atoms with E-state index in [2.05, 4.69) is 10.5 Å². The fourth-order valence-corrected chi connectivity index (χ4v) is 4.55. The molecule has 34 heavy (non-hydrogen) atoms. The molecule has 2 atom stereocenters. The minimum Gasteiger partial charge on any atom is -0.834 e. The van der Waals surface area contributed by atoms with Crippen LogP contribution >= 0.6 is 0 Å². The molecule has 0 bridgehead atoms. The molecule has 0 saturated carbocycles. The van der Waals surface area contributed by atoms with E-state index < -0.39 is 17.7 Å². The molecular formula is C26H29N3O5. The number of quaternary nitrogens is 1. The highest BCUT2D eigenvalue weighted by Crippen LogP contribution is 2.30. The van der Waals surface area contributed by atoms with Gasteiger partial charge in [0.1, 0.15) is 12.3 Å². The summed E-state index contributed by atoms with van der Waals surface area (Å²) in [6.07, 6.45) is 0.950. The molecule has 1 fully saturated rings. The van der Waals surface area contributed by atoms with E-state index in [0.717, 1.165) is 13.0 Å². The van der Waals surface area contributed by atoms with Crippen molar-refractivity contribution in [2.24, 2.45) is 0 Å². The highest BCUT2D eigenvalue weighted by Gasteiger charge is 2.39. The Kier molecular flexibility index (Phi) is 6.81. The molecule has 1 saturated heterocycles. The molecule has 0 spiro atoms. The van der Waals surface area contributed by atoms with Gasteiger partial charge < -0.3 is 24.2 Å². The smallest absolute Gasteiger partial charge is 0.304 e. The molecule has 1 N–H and O–H groups in total. The van der Waals surface area contributed by atoms with Crippen molar-refractivity contribution in [3.63, 3.8) is 0 Å². The van der Waals surface area contributed by atoms with Crippen LogP contribution < -0.4 is 10.4 Å². The molecule has 3 aromatic rings. The van der Waals surface area contributed by atoms with Gasteiger partial charge in [0.15, 0.2) is 18.5 Å². The molecule has 0 radical (unpaired) electrons. The summed E-state index contributed by atoms with van der Waals surface area (Å²) in [5, 5.41) is 20.6. The van der Waals surface area contributed by atoms with Crippen molar-refractivity contribution < 1.29 is 28.4 Å². The van der Waals surface area contributed by atoms with Crippen LogP contribution in [0.25, 0.3) is 0 Å². The minimum atomic E-state index is -2.18. The van der Waals surface area contributed by atoms with Crippen LogP contribution in [-0.4, -0.2) is 54.3 Å². The van der Waals surface area contributed by atoms with Crippen molar-refractivity contribution in [3.05, 3.63) is 83.6 Å². The zero-order valence-corrected chi connectivity index (χ0v) is 19.4. The zero-order chi connectivity index (χ0) is 24.2. The lowest BCUT2D eigenvalue weighted by Crippen LogP contribution is -2.58. The average molecular weight is 464 g/mol. The third kappa shape index (κ3) is 5.18. The van der Waals surface area contributed by atoms with Gasteiger partial charge in [0.25, 0.3) is 5.91 Å². The maximum atomic E-state index is 14.1.